The second kappa shape index (κ2) is 11.0. The minimum absolute atomic E-state index is 0.136. The molecular formula is C23H48N2O3Si2. The fourth-order valence-electron chi connectivity index (χ4n) is 2.70. The van der Waals surface area contributed by atoms with E-state index < -0.39 is 16.6 Å². The van der Waals surface area contributed by atoms with Gasteiger partial charge in [0.2, 0.25) is 0 Å². The van der Waals surface area contributed by atoms with E-state index in [4.69, 9.17) is 13.7 Å². The van der Waals surface area contributed by atoms with Crippen LogP contribution in [0.5, 0.6) is 0 Å². The Labute approximate surface area is 188 Å². The predicted molar refractivity (Wildman–Crippen MR) is 134 cm³/mol. The second-order valence-electron chi connectivity index (χ2n) is 11.5. The van der Waals surface area contributed by atoms with Crippen LogP contribution in [0.1, 0.15) is 48.0 Å². The van der Waals surface area contributed by atoms with Crippen molar-refractivity contribution >= 4 is 16.6 Å². The van der Waals surface area contributed by atoms with E-state index >= 15 is 0 Å². The zero-order chi connectivity index (χ0) is 23.2. The quantitative estimate of drug-likeness (QED) is 0.189. The summed E-state index contributed by atoms with van der Waals surface area (Å²) in [6, 6.07) is 0.358. The molecule has 1 aliphatic heterocycles. The smallest absolute Gasteiger partial charge is 0.192 e. The topological polar surface area (TPSA) is 51.8 Å². The molecule has 0 aromatic carbocycles. The zero-order valence-electron chi connectivity index (χ0n) is 21.3. The first-order valence-electron chi connectivity index (χ1n) is 11.3. The van der Waals surface area contributed by atoms with Crippen LogP contribution in [0.4, 0.5) is 0 Å². The lowest BCUT2D eigenvalue weighted by Gasteiger charge is -2.39. The van der Waals surface area contributed by atoms with E-state index in [-0.39, 0.29) is 22.2 Å². The van der Waals surface area contributed by atoms with Crippen LogP contribution < -0.4 is 10.8 Å². The molecule has 2 atom stereocenters. The van der Waals surface area contributed by atoms with Crippen molar-refractivity contribution in [3.05, 3.63) is 24.3 Å². The van der Waals surface area contributed by atoms with Crippen LogP contribution in [0, 0.1) is 0 Å². The number of nitrogens with one attached hydrogen (secondary N) is 2. The summed E-state index contributed by atoms with van der Waals surface area (Å²) in [5.41, 5.74) is 4.47. The molecule has 1 heterocycles. The summed E-state index contributed by atoms with van der Waals surface area (Å²) in [5, 5.41) is 4.09. The molecule has 0 aromatic heterocycles. The molecule has 0 saturated carbocycles. The SMILES string of the molecule is C=CCON[C@@H]1C=C(CCO[Si](C)(C)C(C)(C)C)[C@@H](CO[Si](C)(C)C(C)(C)C)NC1. The average Bonchev–Trinajstić information content (AvgIpc) is 2.59. The third kappa shape index (κ3) is 8.33. The van der Waals surface area contributed by atoms with Gasteiger partial charge in [-0.25, -0.2) is 0 Å². The van der Waals surface area contributed by atoms with Gasteiger partial charge in [0.25, 0.3) is 0 Å². The second-order valence-corrected chi connectivity index (χ2v) is 21.1. The summed E-state index contributed by atoms with van der Waals surface area (Å²) in [4.78, 5) is 5.47. The van der Waals surface area contributed by atoms with E-state index in [1.54, 1.807) is 6.08 Å². The van der Waals surface area contributed by atoms with E-state index in [0.29, 0.717) is 13.2 Å². The van der Waals surface area contributed by atoms with Gasteiger partial charge in [0.1, 0.15) is 0 Å². The van der Waals surface area contributed by atoms with Gasteiger partial charge in [-0.15, -0.1) is 6.58 Å². The van der Waals surface area contributed by atoms with Gasteiger partial charge in [0.05, 0.1) is 25.3 Å². The van der Waals surface area contributed by atoms with Crippen LogP contribution in [0.15, 0.2) is 24.3 Å². The van der Waals surface area contributed by atoms with Gasteiger partial charge in [0, 0.05) is 13.2 Å². The first-order chi connectivity index (χ1) is 13.6. The number of rotatable bonds is 11. The summed E-state index contributed by atoms with van der Waals surface area (Å²) in [6.45, 7) is 29.4. The van der Waals surface area contributed by atoms with Gasteiger partial charge in [0.15, 0.2) is 16.6 Å². The maximum Gasteiger partial charge on any atom is 0.192 e. The van der Waals surface area contributed by atoms with Crippen molar-refractivity contribution in [2.45, 2.75) is 96.3 Å². The lowest BCUT2D eigenvalue weighted by Crippen LogP contribution is -2.51. The van der Waals surface area contributed by atoms with Crippen molar-refractivity contribution in [3.63, 3.8) is 0 Å². The summed E-state index contributed by atoms with van der Waals surface area (Å²) < 4.78 is 13.0. The van der Waals surface area contributed by atoms with Crippen molar-refractivity contribution < 1.29 is 13.7 Å². The third-order valence-corrected chi connectivity index (χ3v) is 16.0. The normalized spacial score (nSPS) is 21.5. The maximum atomic E-state index is 6.54. The summed E-state index contributed by atoms with van der Waals surface area (Å²) >= 11 is 0. The molecule has 0 amide bonds. The van der Waals surface area contributed by atoms with Gasteiger partial charge in [-0.2, -0.15) is 5.48 Å². The van der Waals surface area contributed by atoms with Crippen molar-refractivity contribution in [1.29, 1.82) is 0 Å². The maximum absolute atomic E-state index is 6.54. The van der Waals surface area contributed by atoms with E-state index in [1.165, 1.54) is 5.57 Å². The first kappa shape index (κ1) is 27.7. The molecule has 0 unspecified atom stereocenters. The molecule has 1 aliphatic rings. The van der Waals surface area contributed by atoms with Gasteiger partial charge in [-0.05, 0) is 42.7 Å². The Morgan fingerprint density at radius 2 is 1.63 bits per heavy atom. The molecule has 0 radical (unpaired) electrons. The summed E-state index contributed by atoms with van der Waals surface area (Å²) in [6.07, 6.45) is 4.95. The molecule has 0 aromatic rings. The first-order valence-corrected chi connectivity index (χ1v) is 17.1. The predicted octanol–water partition coefficient (Wildman–Crippen LogP) is 5.39. The molecule has 0 aliphatic carbocycles. The van der Waals surface area contributed by atoms with E-state index in [2.05, 4.69) is 91.2 Å². The minimum atomic E-state index is -1.79. The molecule has 0 saturated heterocycles. The third-order valence-electron chi connectivity index (χ3n) is 6.96. The van der Waals surface area contributed by atoms with Crippen molar-refractivity contribution in [2.24, 2.45) is 0 Å². The van der Waals surface area contributed by atoms with Crippen LogP contribution in [0.25, 0.3) is 0 Å². The van der Waals surface area contributed by atoms with Crippen molar-refractivity contribution in [1.82, 2.24) is 10.8 Å². The van der Waals surface area contributed by atoms with Gasteiger partial charge in [-0.1, -0.05) is 59.3 Å². The Bertz CT molecular complexity index is 578. The van der Waals surface area contributed by atoms with Gasteiger partial charge < -0.3 is 14.2 Å². The molecule has 0 bridgehead atoms. The summed E-state index contributed by atoms with van der Waals surface area (Å²) in [5.74, 6) is 0. The molecule has 5 nitrogen and oxygen atoms in total. The van der Waals surface area contributed by atoms with E-state index in [0.717, 1.165) is 19.6 Å². The lowest BCUT2D eigenvalue weighted by atomic mass is 9.98. The van der Waals surface area contributed by atoms with E-state index in [1.807, 2.05) is 0 Å². The fraction of sp³-hybridized carbons (Fsp3) is 0.826. The largest absolute Gasteiger partial charge is 0.417 e. The summed E-state index contributed by atoms with van der Waals surface area (Å²) in [7, 11) is -3.54. The molecule has 2 N–H and O–H groups in total. The Hall–Kier alpha value is -0.286. The Morgan fingerprint density at radius 3 is 2.17 bits per heavy atom. The molecule has 1 rings (SSSR count). The fourth-order valence-corrected chi connectivity index (χ4v) is 4.76. The number of hydroxylamine groups is 1. The highest BCUT2D eigenvalue weighted by Gasteiger charge is 2.39. The number of hydrogen-bond acceptors (Lipinski definition) is 5. The molecule has 0 spiro atoms. The monoisotopic (exact) mass is 456 g/mol. The highest BCUT2D eigenvalue weighted by atomic mass is 28.4. The molecule has 7 heteroatoms. The highest BCUT2D eigenvalue weighted by Crippen LogP contribution is 2.38. The Kier molecular flexibility index (Phi) is 10.2. The molecular weight excluding hydrogens is 408 g/mol. The molecule has 30 heavy (non-hydrogen) atoms. The van der Waals surface area contributed by atoms with Crippen LogP contribution in [-0.4, -0.2) is 55.1 Å². The Balaban J connectivity index is 2.82. The van der Waals surface area contributed by atoms with Crippen molar-refractivity contribution in [3.8, 4) is 0 Å². The standard InChI is InChI=1S/C23H48N2O3Si2/c1-12-14-26-25-20-16-19(13-15-27-29(8,9)22(2,3)4)21(24-17-20)18-28-30(10,11)23(5,6)7/h12,16,20-21,24-25H,1,13-15,17-18H2,2-11H3/t20-,21-/m1/s1. The average molecular weight is 457 g/mol. The Morgan fingerprint density at radius 1 is 1.07 bits per heavy atom. The van der Waals surface area contributed by atoms with Crippen LogP contribution in [0.2, 0.25) is 36.3 Å². The number of hydrogen-bond donors (Lipinski definition) is 2. The lowest BCUT2D eigenvalue weighted by molar-refractivity contribution is 0.0433. The molecule has 176 valence electrons. The van der Waals surface area contributed by atoms with Crippen molar-refractivity contribution in [2.75, 3.05) is 26.4 Å². The van der Waals surface area contributed by atoms with Gasteiger partial charge in [-0.3, -0.25) is 4.84 Å². The van der Waals surface area contributed by atoms with Crippen LogP contribution in [-0.2, 0) is 13.7 Å². The van der Waals surface area contributed by atoms with Gasteiger partial charge >= 0.3 is 0 Å². The van der Waals surface area contributed by atoms with E-state index in [9.17, 15) is 0 Å². The zero-order valence-corrected chi connectivity index (χ0v) is 23.3. The molecule has 0 fully saturated rings. The van der Waals surface area contributed by atoms with Crippen LogP contribution in [0.3, 0.4) is 0 Å². The highest BCUT2D eigenvalue weighted by molar-refractivity contribution is 6.74. The van der Waals surface area contributed by atoms with Crippen LogP contribution >= 0.6 is 0 Å². The minimum Gasteiger partial charge on any atom is -0.417 e.